The molecule has 0 atom stereocenters. The Morgan fingerprint density at radius 1 is 1.24 bits per heavy atom. The van der Waals surface area contributed by atoms with Crippen LogP contribution in [0.25, 0.3) is 5.65 Å². The van der Waals surface area contributed by atoms with Crippen LogP contribution in [0.1, 0.15) is 5.56 Å². The van der Waals surface area contributed by atoms with Crippen molar-refractivity contribution in [3.63, 3.8) is 0 Å². The monoisotopic (exact) mass is 465 g/mol. The number of nitrogens with one attached hydrogen (secondary N) is 1. The van der Waals surface area contributed by atoms with Crippen molar-refractivity contribution in [2.24, 2.45) is 0 Å². The Kier molecular flexibility index (Phi) is 5.87. The number of fused-ring (bicyclic) bond motifs is 1. The number of carbonyl (C=O) groups excluding carboxylic acids is 1. The second kappa shape index (κ2) is 8.05. The molecule has 0 unspecified atom stereocenters. The highest BCUT2D eigenvalue weighted by Gasteiger charge is 2.32. The predicted octanol–water partition coefficient (Wildman–Crippen LogP) is 4.69. The molecule has 0 saturated heterocycles. The van der Waals surface area contributed by atoms with Gasteiger partial charge in [-0.3, -0.25) is 19.3 Å². The third kappa shape index (κ3) is 4.71. The van der Waals surface area contributed by atoms with Crippen molar-refractivity contribution in [1.82, 2.24) is 14.6 Å². The largest absolute Gasteiger partial charge is 0.417 e. The summed E-state index contributed by atoms with van der Waals surface area (Å²) >= 11 is 12.5. The van der Waals surface area contributed by atoms with E-state index in [4.69, 9.17) is 23.2 Å². The Bertz CT molecular complexity index is 1120. The SMILES string of the molecule is O=C(CSc1nnc2c(Cl)cc(C(F)(F)F)cn12)Nc1cc([N+](=O)[O-])ccc1Cl. The summed E-state index contributed by atoms with van der Waals surface area (Å²) < 4.78 is 40.0. The number of halogens is 5. The van der Waals surface area contributed by atoms with Gasteiger partial charge in [0.2, 0.25) is 5.91 Å². The molecule has 0 bridgehead atoms. The van der Waals surface area contributed by atoms with E-state index >= 15 is 0 Å². The number of benzene rings is 1. The van der Waals surface area contributed by atoms with E-state index < -0.39 is 22.6 Å². The molecule has 14 heteroatoms. The third-order valence-corrected chi connectivity index (χ3v) is 5.07. The molecule has 0 aliphatic rings. The smallest absolute Gasteiger partial charge is 0.324 e. The van der Waals surface area contributed by atoms with Gasteiger partial charge < -0.3 is 5.32 Å². The van der Waals surface area contributed by atoms with Crippen molar-refractivity contribution in [1.29, 1.82) is 0 Å². The van der Waals surface area contributed by atoms with Gasteiger partial charge in [-0.2, -0.15) is 13.2 Å². The summed E-state index contributed by atoms with van der Waals surface area (Å²) in [4.78, 5) is 22.3. The average Bonchev–Trinajstić information content (AvgIpc) is 3.04. The number of hydrogen-bond donors (Lipinski definition) is 1. The number of non-ortho nitro benzene ring substituents is 1. The Balaban J connectivity index is 1.77. The van der Waals surface area contributed by atoms with Gasteiger partial charge in [0.05, 0.1) is 32.0 Å². The average molecular weight is 466 g/mol. The number of nitro benzene ring substituents is 1. The molecule has 0 fully saturated rings. The van der Waals surface area contributed by atoms with Crippen LogP contribution in [0.4, 0.5) is 24.5 Å². The van der Waals surface area contributed by atoms with Gasteiger partial charge in [0.25, 0.3) is 5.69 Å². The van der Waals surface area contributed by atoms with Crippen LogP contribution in [-0.2, 0) is 11.0 Å². The Hall–Kier alpha value is -2.57. The Morgan fingerprint density at radius 2 is 1.97 bits per heavy atom. The number of amides is 1. The highest BCUT2D eigenvalue weighted by Crippen LogP contribution is 2.33. The van der Waals surface area contributed by atoms with Gasteiger partial charge in [-0.15, -0.1) is 10.2 Å². The molecule has 0 aliphatic heterocycles. The molecular formula is C15H8Cl2F3N5O3S. The van der Waals surface area contributed by atoms with Crippen molar-refractivity contribution in [3.05, 3.63) is 56.2 Å². The standard InChI is InChI=1S/C15H8Cl2F3N5O3S/c16-9-2-1-8(25(27)28)4-11(9)21-12(26)6-29-14-23-22-13-10(17)3-7(5-24(13)14)15(18,19)20/h1-5H,6H2,(H,21,26). The van der Waals surface area contributed by atoms with Gasteiger partial charge in [0, 0.05) is 18.3 Å². The highest BCUT2D eigenvalue weighted by atomic mass is 35.5. The molecule has 3 aromatic rings. The maximum Gasteiger partial charge on any atom is 0.417 e. The van der Waals surface area contributed by atoms with Gasteiger partial charge in [-0.05, 0) is 12.1 Å². The molecule has 2 heterocycles. The lowest BCUT2D eigenvalue weighted by molar-refractivity contribution is -0.384. The molecule has 0 spiro atoms. The summed E-state index contributed by atoms with van der Waals surface area (Å²) in [5, 5.41) is 20.5. The molecule has 2 aromatic heterocycles. The minimum Gasteiger partial charge on any atom is -0.324 e. The lowest BCUT2D eigenvalue weighted by Gasteiger charge is -2.09. The molecular weight excluding hydrogens is 458 g/mol. The van der Waals surface area contributed by atoms with E-state index in [9.17, 15) is 28.1 Å². The summed E-state index contributed by atoms with van der Waals surface area (Å²) in [7, 11) is 0. The van der Waals surface area contributed by atoms with Gasteiger partial charge >= 0.3 is 6.18 Å². The van der Waals surface area contributed by atoms with E-state index in [0.717, 1.165) is 34.5 Å². The van der Waals surface area contributed by atoms with Crippen LogP contribution in [0.2, 0.25) is 10.0 Å². The maximum absolute atomic E-state index is 13.0. The van der Waals surface area contributed by atoms with Gasteiger partial charge in [0.1, 0.15) is 0 Å². The highest BCUT2D eigenvalue weighted by molar-refractivity contribution is 7.99. The Labute approximate surface area is 174 Å². The number of nitrogens with zero attached hydrogens (tertiary/aromatic N) is 4. The van der Waals surface area contributed by atoms with Crippen molar-refractivity contribution in [2.75, 3.05) is 11.1 Å². The topological polar surface area (TPSA) is 102 Å². The number of nitro groups is 1. The zero-order valence-electron chi connectivity index (χ0n) is 13.9. The maximum atomic E-state index is 13.0. The summed E-state index contributed by atoms with van der Waals surface area (Å²) in [6, 6.07) is 4.26. The summed E-state index contributed by atoms with van der Waals surface area (Å²) in [6.07, 6.45) is -3.85. The molecule has 3 rings (SSSR count). The van der Waals surface area contributed by atoms with E-state index in [0.29, 0.717) is 0 Å². The van der Waals surface area contributed by atoms with E-state index in [1.807, 2.05) is 0 Å². The number of aromatic nitrogens is 3. The van der Waals surface area contributed by atoms with Crippen LogP contribution < -0.4 is 5.32 Å². The van der Waals surface area contributed by atoms with Crippen LogP contribution in [0.5, 0.6) is 0 Å². The fraction of sp³-hybridized carbons (Fsp3) is 0.133. The number of thioether (sulfide) groups is 1. The first-order valence-electron chi connectivity index (χ1n) is 7.54. The second-order valence-electron chi connectivity index (χ2n) is 5.51. The first-order chi connectivity index (χ1) is 13.6. The van der Waals surface area contributed by atoms with Gasteiger partial charge in [0.15, 0.2) is 10.8 Å². The fourth-order valence-corrected chi connectivity index (χ4v) is 3.35. The van der Waals surface area contributed by atoms with Crippen LogP contribution in [-0.4, -0.2) is 31.2 Å². The normalized spacial score (nSPS) is 11.6. The summed E-state index contributed by atoms with van der Waals surface area (Å²) in [5.41, 5.74) is -1.23. The molecule has 29 heavy (non-hydrogen) atoms. The predicted molar refractivity (Wildman–Crippen MR) is 100 cm³/mol. The quantitative estimate of drug-likeness (QED) is 0.333. The number of carbonyl (C=O) groups is 1. The summed E-state index contributed by atoms with van der Waals surface area (Å²) in [6.45, 7) is 0. The third-order valence-electron chi connectivity index (χ3n) is 3.52. The zero-order chi connectivity index (χ0) is 21.3. The lowest BCUT2D eigenvalue weighted by Crippen LogP contribution is -2.15. The van der Waals surface area contributed by atoms with Crippen LogP contribution in [0, 0.1) is 10.1 Å². The Morgan fingerprint density at radius 3 is 2.62 bits per heavy atom. The number of rotatable bonds is 5. The fourth-order valence-electron chi connectivity index (χ4n) is 2.23. The van der Waals surface area contributed by atoms with E-state index in [1.165, 1.54) is 12.1 Å². The van der Waals surface area contributed by atoms with Crippen molar-refractivity contribution in [3.8, 4) is 0 Å². The summed E-state index contributed by atoms with van der Waals surface area (Å²) in [5.74, 6) is -0.875. The van der Waals surface area contributed by atoms with Crippen molar-refractivity contribution < 1.29 is 22.9 Å². The number of alkyl halides is 3. The van der Waals surface area contributed by atoms with Gasteiger partial charge in [-0.1, -0.05) is 35.0 Å². The first kappa shape index (κ1) is 21.1. The first-order valence-corrected chi connectivity index (χ1v) is 9.28. The van der Waals surface area contributed by atoms with Crippen LogP contribution >= 0.6 is 35.0 Å². The zero-order valence-corrected chi connectivity index (χ0v) is 16.2. The van der Waals surface area contributed by atoms with Gasteiger partial charge in [-0.25, -0.2) is 0 Å². The molecule has 1 aromatic carbocycles. The molecule has 0 saturated carbocycles. The molecule has 152 valence electrons. The second-order valence-corrected chi connectivity index (χ2v) is 7.27. The van der Waals surface area contributed by atoms with Crippen LogP contribution in [0.15, 0.2) is 35.6 Å². The van der Waals surface area contributed by atoms with Crippen LogP contribution in [0.3, 0.4) is 0 Å². The van der Waals surface area contributed by atoms with E-state index in [-0.39, 0.29) is 38.0 Å². The number of hydrogen-bond acceptors (Lipinski definition) is 6. The van der Waals surface area contributed by atoms with E-state index in [1.54, 1.807) is 0 Å². The molecule has 1 amide bonds. The molecule has 0 aliphatic carbocycles. The van der Waals surface area contributed by atoms with Crippen molar-refractivity contribution in [2.45, 2.75) is 11.3 Å². The molecule has 8 nitrogen and oxygen atoms in total. The van der Waals surface area contributed by atoms with Crippen molar-refractivity contribution >= 4 is 57.9 Å². The molecule has 0 radical (unpaired) electrons. The number of pyridine rings is 1. The number of anilines is 1. The minimum atomic E-state index is -4.62. The lowest BCUT2D eigenvalue weighted by atomic mass is 10.3. The van der Waals surface area contributed by atoms with E-state index in [2.05, 4.69) is 15.5 Å². The minimum absolute atomic E-state index is 0.00398. The molecule has 1 N–H and O–H groups in total.